The minimum absolute atomic E-state index is 0.0120. The largest absolute Gasteiger partial charge is 0.351 e. The molecule has 0 bridgehead atoms. The molecule has 3 aromatic rings. The van der Waals surface area contributed by atoms with Crippen molar-refractivity contribution in [3.63, 3.8) is 0 Å². The second-order valence-electron chi connectivity index (χ2n) is 7.35. The predicted molar refractivity (Wildman–Crippen MR) is 117 cm³/mol. The van der Waals surface area contributed by atoms with E-state index in [1.165, 1.54) is 29.7 Å². The molecule has 1 aliphatic rings. The van der Waals surface area contributed by atoms with Crippen LogP contribution in [0.5, 0.6) is 0 Å². The Morgan fingerprint density at radius 1 is 1.25 bits per heavy atom. The van der Waals surface area contributed by atoms with Crippen LogP contribution in [0.15, 0.2) is 47.8 Å². The molecule has 28 heavy (non-hydrogen) atoms. The first-order chi connectivity index (χ1) is 13.7. The molecule has 3 heterocycles. The standard InChI is InChI=1S/C22H25N3OS2/c1-16-20(28-22(24-16)19-10-6-12-27-19)21(26)23-13-18-9-5-11-25(15-18)14-17-7-3-2-4-8-17/h2-4,6-8,10,12,18H,5,9,11,13-15H2,1H3,(H,23,26). The zero-order valence-corrected chi connectivity index (χ0v) is 17.7. The molecule has 6 heteroatoms. The number of rotatable bonds is 6. The van der Waals surface area contributed by atoms with Crippen LogP contribution in [0.3, 0.4) is 0 Å². The predicted octanol–water partition coefficient (Wildman–Crippen LogP) is 4.82. The number of thiazole rings is 1. The SMILES string of the molecule is Cc1nc(-c2cccs2)sc1C(=O)NCC1CCCN(Cc2ccccc2)C1. The summed E-state index contributed by atoms with van der Waals surface area (Å²) in [7, 11) is 0. The van der Waals surface area contributed by atoms with Gasteiger partial charge in [0, 0.05) is 19.6 Å². The molecule has 1 fully saturated rings. The van der Waals surface area contributed by atoms with Gasteiger partial charge in [-0.2, -0.15) is 0 Å². The third-order valence-corrected chi connectivity index (χ3v) is 7.33. The molecular formula is C22H25N3OS2. The number of nitrogens with zero attached hydrogens (tertiary/aromatic N) is 2. The Balaban J connectivity index is 1.32. The van der Waals surface area contributed by atoms with Gasteiger partial charge >= 0.3 is 0 Å². The first-order valence-corrected chi connectivity index (χ1v) is 11.4. The Morgan fingerprint density at radius 3 is 2.89 bits per heavy atom. The van der Waals surface area contributed by atoms with Crippen LogP contribution in [0.2, 0.25) is 0 Å². The van der Waals surface area contributed by atoms with Crippen molar-refractivity contribution in [3.05, 3.63) is 64.0 Å². The number of nitrogens with one attached hydrogen (secondary N) is 1. The highest BCUT2D eigenvalue weighted by atomic mass is 32.1. The van der Waals surface area contributed by atoms with Crippen LogP contribution >= 0.6 is 22.7 Å². The number of benzene rings is 1. The number of hydrogen-bond acceptors (Lipinski definition) is 5. The van der Waals surface area contributed by atoms with E-state index in [4.69, 9.17) is 0 Å². The van der Waals surface area contributed by atoms with Crippen molar-refractivity contribution in [2.75, 3.05) is 19.6 Å². The Hall–Kier alpha value is -2.02. The van der Waals surface area contributed by atoms with Crippen LogP contribution in [0.25, 0.3) is 9.88 Å². The summed E-state index contributed by atoms with van der Waals surface area (Å²) in [6.07, 6.45) is 2.36. The van der Waals surface area contributed by atoms with E-state index in [1.807, 2.05) is 24.4 Å². The average molecular weight is 412 g/mol. The lowest BCUT2D eigenvalue weighted by atomic mass is 9.97. The molecule has 146 valence electrons. The van der Waals surface area contributed by atoms with Crippen LogP contribution < -0.4 is 5.32 Å². The normalized spacial score (nSPS) is 17.5. The fourth-order valence-corrected chi connectivity index (χ4v) is 5.51. The minimum atomic E-state index is 0.0120. The van der Waals surface area contributed by atoms with Crippen molar-refractivity contribution < 1.29 is 4.79 Å². The maximum atomic E-state index is 12.7. The van der Waals surface area contributed by atoms with E-state index in [9.17, 15) is 4.79 Å². The maximum Gasteiger partial charge on any atom is 0.263 e. The molecule has 0 aliphatic carbocycles. The van der Waals surface area contributed by atoms with Crippen molar-refractivity contribution in [3.8, 4) is 9.88 Å². The second kappa shape index (κ2) is 8.99. The third-order valence-electron chi connectivity index (χ3n) is 5.14. The van der Waals surface area contributed by atoms with E-state index >= 15 is 0 Å². The summed E-state index contributed by atoms with van der Waals surface area (Å²) in [5.41, 5.74) is 2.17. The van der Waals surface area contributed by atoms with Crippen LogP contribution in [0.1, 0.15) is 33.8 Å². The molecule has 1 aliphatic heterocycles. The lowest BCUT2D eigenvalue weighted by Crippen LogP contribution is -2.40. The maximum absolute atomic E-state index is 12.7. The van der Waals surface area contributed by atoms with E-state index in [-0.39, 0.29) is 5.91 Å². The Labute approximate surface area is 174 Å². The molecule has 1 atom stereocenters. The number of piperidine rings is 1. The first-order valence-electron chi connectivity index (χ1n) is 9.75. The number of hydrogen-bond donors (Lipinski definition) is 1. The number of likely N-dealkylation sites (tertiary alicyclic amines) is 1. The average Bonchev–Trinajstić information content (AvgIpc) is 3.37. The molecule has 1 amide bonds. The highest BCUT2D eigenvalue weighted by Gasteiger charge is 2.22. The van der Waals surface area contributed by atoms with Gasteiger partial charge in [0.15, 0.2) is 0 Å². The lowest BCUT2D eigenvalue weighted by Gasteiger charge is -2.32. The monoisotopic (exact) mass is 411 g/mol. The quantitative estimate of drug-likeness (QED) is 0.632. The summed E-state index contributed by atoms with van der Waals surface area (Å²) in [5, 5.41) is 6.13. The van der Waals surface area contributed by atoms with Gasteiger partial charge < -0.3 is 5.32 Å². The van der Waals surface area contributed by atoms with Crippen molar-refractivity contribution in [1.82, 2.24) is 15.2 Å². The van der Waals surface area contributed by atoms with Gasteiger partial charge in [-0.05, 0) is 49.2 Å². The van der Waals surface area contributed by atoms with Crippen molar-refractivity contribution in [2.24, 2.45) is 5.92 Å². The Morgan fingerprint density at radius 2 is 2.11 bits per heavy atom. The molecule has 1 aromatic carbocycles. The van der Waals surface area contributed by atoms with Gasteiger partial charge in [-0.15, -0.1) is 22.7 Å². The molecule has 2 aromatic heterocycles. The fraction of sp³-hybridized carbons (Fsp3) is 0.364. The first kappa shape index (κ1) is 19.3. The highest BCUT2D eigenvalue weighted by molar-refractivity contribution is 7.22. The Kier molecular flexibility index (Phi) is 6.20. The van der Waals surface area contributed by atoms with Gasteiger partial charge in [0.1, 0.15) is 9.88 Å². The van der Waals surface area contributed by atoms with Crippen molar-refractivity contribution in [1.29, 1.82) is 0 Å². The molecule has 0 radical (unpaired) electrons. The molecular weight excluding hydrogens is 386 g/mol. The number of carbonyl (C=O) groups excluding carboxylic acids is 1. The van der Waals surface area contributed by atoms with Crippen LogP contribution in [-0.4, -0.2) is 35.4 Å². The topological polar surface area (TPSA) is 45.2 Å². The fourth-order valence-electron chi connectivity index (χ4n) is 3.73. The van der Waals surface area contributed by atoms with E-state index < -0.39 is 0 Å². The van der Waals surface area contributed by atoms with E-state index in [2.05, 4.69) is 45.5 Å². The lowest BCUT2D eigenvalue weighted by molar-refractivity contribution is 0.0934. The van der Waals surface area contributed by atoms with E-state index in [0.717, 1.165) is 46.6 Å². The van der Waals surface area contributed by atoms with Gasteiger partial charge in [0.05, 0.1) is 10.6 Å². The van der Waals surface area contributed by atoms with Gasteiger partial charge in [-0.1, -0.05) is 36.4 Å². The van der Waals surface area contributed by atoms with Crippen molar-refractivity contribution >= 4 is 28.6 Å². The molecule has 1 unspecified atom stereocenters. The number of amides is 1. The summed E-state index contributed by atoms with van der Waals surface area (Å²) in [6.45, 7) is 5.82. The number of carbonyl (C=O) groups is 1. The zero-order valence-electron chi connectivity index (χ0n) is 16.1. The summed E-state index contributed by atoms with van der Waals surface area (Å²) < 4.78 is 0. The zero-order chi connectivity index (χ0) is 19.3. The second-order valence-corrected chi connectivity index (χ2v) is 9.30. The summed E-state index contributed by atoms with van der Waals surface area (Å²) in [6, 6.07) is 14.7. The van der Waals surface area contributed by atoms with E-state index in [0.29, 0.717) is 5.92 Å². The molecule has 1 saturated heterocycles. The molecule has 0 spiro atoms. The summed E-state index contributed by atoms with van der Waals surface area (Å²) in [4.78, 5) is 21.7. The van der Waals surface area contributed by atoms with Gasteiger partial charge in [-0.3, -0.25) is 9.69 Å². The Bertz CT molecular complexity index is 905. The van der Waals surface area contributed by atoms with Gasteiger partial charge in [0.2, 0.25) is 0 Å². The highest BCUT2D eigenvalue weighted by Crippen LogP contribution is 2.31. The van der Waals surface area contributed by atoms with Crippen molar-refractivity contribution in [2.45, 2.75) is 26.3 Å². The summed E-state index contributed by atoms with van der Waals surface area (Å²) in [5.74, 6) is 0.518. The molecule has 1 N–H and O–H groups in total. The number of aryl methyl sites for hydroxylation is 1. The molecule has 4 nitrogen and oxygen atoms in total. The van der Waals surface area contributed by atoms with Crippen LogP contribution in [0, 0.1) is 12.8 Å². The molecule has 0 saturated carbocycles. The summed E-state index contributed by atoms with van der Waals surface area (Å²) >= 11 is 3.15. The van der Waals surface area contributed by atoms with Gasteiger partial charge in [-0.25, -0.2) is 4.98 Å². The van der Waals surface area contributed by atoms with Crippen LogP contribution in [-0.2, 0) is 6.54 Å². The smallest absolute Gasteiger partial charge is 0.263 e. The van der Waals surface area contributed by atoms with Gasteiger partial charge in [0.25, 0.3) is 5.91 Å². The number of aromatic nitrogens is 1. The minimum Gasteiger partial charge on any atom is -0.351 e. The van der Waals surface area contributed by atoms with E-state index in [1.54, 1.807) is 11.3 Å². The molecule has 4 rings (SSSR count). The van der Waals surface area contributed by atoms with Crippen LogP contribution in [0.4, 0.5) is 0 Å². The number of thiophene rings is 1. The third kappa shape index (κ3) is 4.69.